The van der Waals surface area contributed by atoms with Crippen molar-refractivity contribution < 1.29 is 13.9 Å². The van der Waals surface area contributed by atoms with Crippen LogP contribution in [-0.4, -0.2) is 23.0 Å². The number of nitrogens with zero attached hydrogens (tertiary/aromatic N) is 2. The standard InChI is InChI=1S/C15H11ClN2O3/c1-8-5-10(15(19)20-2)11(7-17-8)14-18-12-4-3-9(16)6-13(12)21-14/h3-7H,1-2H3. The lowest BCUT2D eigenvalue weighted by Gasteiger charge is -2.05. The van der Waals surface area contributed by atoms with E-state index in [1.807, 2.05) is 0 Å². The van der Waals surface area contributed by atoms with Crippen LogP contribution in [0, 0.1) is 6.92 Å². The zero-order chi connectivity index (χ0) is 15.0. The largest absolute Gasteiger partial charge is 0.465 e. The molecule has 0 atom stereocenters. The van der Waals surface area contributed by atoms with Crippen LogP contribution < -0.4 is 0 Å². The highest BCUT2D eigenvalue weighted by Crippen LogP contribution is 2.28. The fraction of sp³-hybridized carbons (Fsp3) is 0.133. The van der Waals surface area contributed by atoms with Crippen molar-refractivity contribution >= 4 is 28.7 Å². The summed E-state index contributed by atoms with van der Waals surface area (Å²) in [6, 6.07) is 6.80. The van der Waals surface area contributed by atoms with Crippen LogP contribution in [0.25, 0.3) is 22.6 Å². The summed E-state index contributed by atoms with van der Waals surface area (Å²) in [5.41, 5.74) is 2.76. The van der Waals surface area contributed by atoms with E-state index in [4.69, 9.17) is 20.8 Å². The summed E-state index contributed by atoms with van der Waals surface area (Å²) in [5.74, 6) is -0.157. The third-order valence-electron chi connectivity index (χ3n) is 3.03. The number of halogens is 1. The Morgan fingerprint density at radius 3 is 2.90 bits per heavy atom. The fourth-order valence-corrected chi connectivity index (χ4v) is 2.18. The zero-order valence-corrected chi connectivity index (χ0v) is 12.1. The van der Waals surface area contributed by atoms with Gasteiger partial charge in [-0.3, -0.25) is 4.98 Å². The molecule has 0 fully saturated rings. The van der Waals surface area contributed by atoms with Crippen molar-refractivity contribution in [1.29, 1.82) is 0 Å². The van der Waals surface area contributed by atoms with Crippen molar-refractivity contribution in [3.05, 3.63) is 46.7 Å². The molecular formula is C15H11ClN2O3. The van der Waals surface area contributed by atoms with Gasteiger partial charge in [0.2, 0.25) is 5.89 Å². The summed E-state index contributed by atoms with van der Waals surface area (Å²) < 4.78 is 10.5. The van der Waals surface area contributed by atoms with Gasteiger partial charge >= 0.3 is 5.97 Å². The lowest BCUT2D eigenvalue weighted by atomic mass is 10.1. The molecule has 0 N–H and O–H groups in total. The van der Waals surface area contributed by atoms with Gasteiger partial charge in [-0.25, -0.2) is 9.78 Å². The van der Waals surface area contributed by atoms with E-state index in [1.165, 1.54) is 7.11 Å². The third-order valence-corrected chi connectivity index (χ3v) is 3.26. The molecule has 3 aromatic rings. The van der Waals surface area contributed by atoms with Crippen molar-refractivity contribution in [2.24, 2.45) is 0 Å². The number of fused-ring (bicyclic) bond motifs is 1. The minimum atomic E-state index is -0.462. The van der Waals surface area contributed by atoms with Crippen molar-refractivity contribution in [1.82, 2.24) is 9.97 Å². The molecule has 0 spiro atoms. The lowest BCUT2D eigenvalue weighted by Crippen LogP contribution is -2.05. The molecule has 0 saturated heterocycles. The van der Waals surface area contributed by atoms with Gasteiger partial charge in [0.05, 0.1) is 18.2 Å². The van der Waals surface area contributed by atoms with E-state index in [9.17, 15) is 4.79 Å². The van der Waals surface area contributed by atoms with Gasteiger partial charge in [0.25, 0.3) is 0 Å². The Balaban J connectivity index is 2.20. The van der Waals surface area contributed by atoms with Crippen LogP contribution in [0.3, 0.4) is 0 Å². The SMILES string of the molecule is COC(=O)c1cc(C)ncc1-c1nc2ccc(Cl)cc2o1. The van der Waals surface area contributed by atoms with Crippen LogP contribution in [-0.2, 0) is 4.74 Å². The molecule has 3 rings (SSSR count). The molecular weight excluding hydrogens is 292 g/mol. The van der Waals surface area contributed by atoms with Gasteiger partial charge < -0.3 is 9.15 Å². The number of oxazole rings is 1. The molecule has 0 bridgehead atoms. The average Bonchev–Trinajstić information content (AvgIpc) is 2.89. The first-order chi connectivity index (χ1) is 10.1. The van der Waals surface area contributed by atoms with Gasteiger partial charge in [-0.2, -0.15) is 0 Å². The molecule has 2 heterocycles. The van der Waals surface area contributed by atoms with E-state index in [-0.39, 0.29) is 0 Å². The van der Waals surface area contributed by atoms with Crippen LogP contribution in [0.15, 0.2) is 34.9 Å². The highest BCUT2D eigenvalue weighted by molar-refractivity contribution is 6.31. The third kappa shape index (κ3) is 2.48. The number of benzene rings is 1. The maximum atomic E-state index is 11.9. The quantitative estimate of drug-likeness (QED) is 0.676. The van der Waals surface area contributed by atoms with Crippen molar-refractivity contribution in [3.63, 3.8) is 0 Å². The Kier molecular flexibility index (Phi) is 3.35. The first-order valence-electron chi connectivity index (χ1n) is 6.20. The number of aryl methyl sites for hydroxylation is 1. The van der Waals surface area contributed by atoms with Crippen molar-refractivity contribution in [3.8, 4) is 11.5 Å². The smallest absolute Gasteiger partial charge is 0.338 e. The molecule has 0 aliphatic heterocycles. The number of carbonyl (C=O) groups is 1. The summed E-state index contributed by atoms with van der Waals surface area (Å²) in [6.07, 6.45) is 1.55. The fourth-order valence-electron chi connectivity index (χ4n) is 2.02. The van der Waals surface area contributed by atoms with E-state index >= 15 is 0 Å². The summed E-state index contributed by atoms with van der Waals surface area (Å²) in [7, 11) is 1.33. The van der Waals surface area contributed by atoms with Gasteiger partial charge in [-0.05, 0) is 25.1 Å². The van der Waals surface area contributed by atoms with Crippen molar-refractivity contribution in [2.45, 2.75) is 6.92 Å². The molecule has 6 heteroatoms. The predicted molar refractivity (Wildman–Crippen MR) is 78.3 cm³/mol. The maximum Gasteiger partial charge on any atom is 0.338 e. The van der Waals surface area contributed by atoms with Gasteiger partial charge in [-0.15, -0.1) is 0 Å². The first kappa shape index (κ1) is 13.6. The van der Waals surface area contributed by atoms with Crippen LogP contribution in [0.4, 0.5) is 0 Å². The number of hydrogen-bond acceptors (Lipinski definition) is 5. The molecule has 0 saturated carbocycles. The topological polar surface area (TPSA) is 65.2 Å². The summed E-state index contributed by atoms with van der Waals surface area (Å²) in [4.78, 5) is 20.4. The van der Waals surface area contributed by atoms with E-state index in [0.29, 0.717) is 38.8 Å². The molecule has 0 aliphatic carbocycles. The number of ether oxygens (including phenoxy) is 1. The van der Waals surface area contributed by atoms with Gasteiger partial charge in [-0.1, -0.05) is 11.6 Å². The molecule has 106 valence electrons. The van der Waals surface area contributed by atoms with Crippen LogP contribution in [0.5, 0.6) is 0 Å². The Morgan fingerprint density at radius 2 is 2.14 bits per heavy atom. The molecule has 0 aliphatic rings. The minimum absolute atomic E-state index is 0.306. The number of methoxy groups -OCH3 is 1. The molecule has 0 unspecified atom stereocenters. The number of esters is 1. The monoisotopic (exact) mass is 302 g/mol. The van der Waals surface area contributed by atoms with E-state index in [1.54, 1.807) is 37.4 Å². The molecule has 0 radical (unpaired) electrons. The second kappa shape index (κ2) is 5.18. The number of pyridine rings is 1. The minimum Gasteiger partial charge on any atom is -0.465 e. The highest BCUT2D eigenvalue weighted by atomic mass is 35.5. The summed E-state index contributed by atoms with van der Waals surface area (Å²) >= 11 is 5.92. The molecule has 1 aromatic carbocycles. The summed E-state index contributed by atoms with van der Waals surface area (Å²) in [5, 5.41) is 0.556. The molecule has 21 heavy (non-hydrogen) atoms. The van der Waals surface area contributed by atoms with Crippen LogP contribution >= 0.6 is 11.6 Å². The van der Waals surface area contributed by atoms with E-state index in [2.05, 4.69) is 9.97 Å². The lowest BCUT2D eigenvalue weighted by molar-refractivity contribution is 0.0601. The molecule has 5 nitrogen and oxygen atoms in total. The van der Waals surface area contributed by atoms with Gasteiger partial charge in [0, 0.05) is 23.0 Å². The van der Waals surface area contributed by atoms with Gasteiger partial charge in [0.15, 0.2) is 5.58 Å². The molecule has 0 amide bonds. The summed E-state index contributed by atoms with van der Waals surface area (Å²) in [6.45, 7) is 1.79. The normalized spacial score (nSPS) is 10.8. The second-order valence-corrected chi connectivity index (χ2v) is 4.93. The van der Waals surface area contributed by atoms with E-state index < -0.39 is 5.97 Å². The van der Waals surface area contributed by atoms with E-state index in [0.717, 1.165) is 0 Å². The highest BCUT2D eigenvalue weighted by Gasteiger charge is 2.18. The van der Waals surface area contributed by atoms with Gasteiger partial charge in [0.1, 0.15) is 5.52 Å². The number of aromatic nitrogens is 2. The average molecular weight is 303 g/mol. The maximum absolute atomic E-state index is 11.9. The Labute approximate surface area is 125 Å². The van der Waals surface area contributed by atoms with Crippen LogP contribution in [0.2, 0.25) is 5.02 Å². The number of hydrogen-bond donors (Lipinski definition) is 0. The first-order valence-corrected chi connectivity index (χ1v) is 6.57. The Morgan fingerprint density at radius 1 is 1.33 bits per heavy atom. The zero-order valence-electron chi connectivity index (χ0n) is 11.4. The Bertz CT molecular complexity index is 842. The second-order valence-electron chi connectivity index (χ2n) is 4.49. The number of rotatable bonds is 2. The molecule has 2 aromatic heterocycles. The van der Waals surface area contributed by atoms with Crippen molar-refractivity contribution in [2.75, 3.05) is 7.11 Å². The Hall–Kier alpha value is -2.40. The number of carbonyl (C=O) groups excluding carboxylic acids is 1. The predicted octanol–water partition coefficient (Wildman–Crippen LogP) is 3.64. The van der Waals surface area contributed by atoms with Crippen LogP contribution in [0.1, 0.15) is 16.1 Å².